The lowest BCUT2D eigenvalue weighted by Gasteiger charge is -2.14. The Morgan fingerprint density at radius 3 is 2.27 bits per heavy atom. The Kier molecular flexibility index (Phi) is 5.58. The first-order valence-corrected chi connectivity index (χ1v) is 6.39. The topological polar surface area (TPSA) is 46.2 Å². The third-order valence-electron chi connectivity index (χ3n) is 1.86. The van der Waals surface area contributed by atoms with Crippen LogP contribution in [0.1, 0.15) is 20.3 Å². The summed E-state index contributed by atoms with van der Waals surface area (Å²) in [5.41, 5.74) is 0. The molecule has 1 atom stereocenters. The van der Waals surface area contributed by atoms with Crippen molar-refractivity contribution < 1.29 is 21.6 Å². The molecular formula is C8H16F3NO2S. The number of hydrogen-bond acceptors (Lipinski definition) is 3. The Bertz CT molecular complexity index is 274. The van der Waals surface area contributed by atoms with Gasteiger partial charge in [-0.3, -0.25) is 0 Å². The molecule has 92 valence electrons. The van der Waals surface area contributed by atoms with E-state index in [1.165, 1.54) is 6.92 Å². The van der Waals surface area contributed by atoms with Crippen molar-refractivity contribution in [3.05, 3.63) is 0 Å². The average molecular weight is 247 g/mol. The summed E-state index contributed by atoms with van der Waals surface area (Å²) in [6.07, 6.45) is -3.82. The minimum absolute atomic E-state index is 0.0157. The smallest absolute Gasteiger partial charge is 0.307 e. The van der Waals surface area contributed by atoms with Crippen LogP contribution in [-0.2, 0) is 9.84 Å². The van der Waals surface area contributed by atoms with Crippen molar-refractivity contribution >= 4 is 9.84 Å². The maximum Gasteiger partial charge on any atom is 0.401 e. The van der Waals surface area contributed by atoms with Gasteiger partial charge < -0.3 is 5.32 Å². The van der Waals surface area contributed by atoms with Gasteiger partial charge in [0.2, 0.25) is 0 Å². The Morgan fingerprint density at radius 2 is 1.87 bits per heavy atom. The highest BCUT2D eigenvalue weighted by Gasteiger charge is 2.27. The normalized spacial score (nSPS) is 15.3. The molecule has 0 aromatic rings. The Hall–Kier alpha value is -0.300. The number of alkyl halides is 3. The predicted octanol–water partition coefficient (Wildman–Crippen LogP) is 1.35. The minimum Gasteiger partial charge on any atom is -0.307 e. The second-order valence-electron chi connectivity index (χ2n) is 3.42. The van der Waals surface area contributed by atoms with Crippen LogP contribution >= 0.6 is 0 Å². The third-order valence-corrected chi connectivity index (χ3v) is 4.23. The molecule has 0 aliphatic rings. The van der Waals surface area contributed by atoms with Gasteiger partial charge in [0, 0.05) is 6.54 Å². The molecule has 0 amide bonds. The molecule has 0 saturated carbocycles. The van der Waals surface area contributed by atoms with E-state index >= 15 is 0 Å². The molecule has 1 unspecified atom stereocenters. The lowest BCUT2D eigenvalue weighted by Crippen LogP contribution is -2.37. The zero-order valence-electron chi connectivity index (χ0n) is 8.76. The van der Waals surface area contributed by atoms with E-state index in [2.05, 4.69) is 5.32 Å². The summed E-state index contributed by atoms with van der Waals surface area (Å²) in [5, 5.41) is 1.31. The van der Waals surface area contributed by atoms with Crippen LogP contribution in [0.15, 0.2) is 0 Å². The van der Waals surface area contributed by atoms with Gasteiger partial charge in [-0.15, -0.1) is 0 Å². The lowest BCUT2D eigenvalue weighted by molar-refractivity contribution is -0.124. The van der Waals surface area contributed by atoms with Crippen LogP contribution in [0.4, 0.5) is 13.2 Å². The summed E-state index contributed by atoms with van der Waals surface area (Å²) < 4.78 is 57.9. The van der Waals surface area contributed by atoms with Crippen LogP contribution < -0.4 is 5.32 Å². The molecule has 0 bridgehead atoms. The molecule has 0 aliphatic heterocycles. The molecule has 3 nitrogen and oxygen atoms in total. The van der Waals surface area contributed by atoms with E-state index in [0.717, 1.165) is 0 Å². The fourth-order valence-corrected chi connectivity index (χ4v) is 2.37. The van der Waals surface area contributed by atoms with Crippen molar-refractivity contribution in [2.45, 2.75) is 31.7 Å². The number of rotatable bonds is 6. The molecule has 0 radical (unpaired) electrons. The number of sulfone groups is 1. The molecule has 0 saturated heterocycles. The standard InChI is InChI=1S/C8H16F3NO2S/c1-3-4-15(13,14)7(2)5-12-6-8(9,10)11/h7,12H,3-6H2,1-2H3. The summed E-state index contributed by atoms with van der Waals surface area (Å²) in [4.78, 5) is 0. The van der Waals surface area contributed by atoms with Gasteiger partial charge in [-0.05, 0) is 13.3 Å². The fourth-order valence-electron chi connectivity index (χ4n) is 1.03. The molecule has 15 heavy (non-hydrogen) atoms. The maximum absolute atomic E-state index is 11.7. The van der Waals surface area contributed by atoms with E-state index in [1.807, 2.05) is 0 Å². The van der Waals surface area contributed by atoms with E-state index in [0.29, 0.717) is 6.42 Å². The molecule has 0 aromatic carbocycles. The first kappa shape index (κ1) is 14.7. The molecule has 0 spiro atoms. The van der Waals surface area contributed by atoms with E-state index in [1.54, 1.807) is 6.92 Å². The molecule has 0 rings (SSSR count). The Morgan fingerprint density at radius 1 is 1.33 bits per heavy atom. The zero-order chi connectivity index (χ0) is 12.1. The van der Waals surface area contributed by atoms with Crippen LogP contribution in [0.25, 0.3) is 0 Å². The zero-order valence-corrected chi connectivity index (χ0v) is 9.58. The second kappa shape index (κ2) is 5.69. The van der Waals surface area contributed by atoms with Crippen molar-refractivity contribution in [3.63, 3.8) is 0 Å². The van der Waals surface area contributed by atoms with Crippen LogP contribution in [0.2, 0.25) is 0 Å². The van der Waals surface area contributed by atoms with E-state index in [-0.39, 0.29) is 12.3 Å². The van der Waals surface area contributed by atoms with Gasteiger partial charge >= 0.3 is 6.18 Å². The van der Waals surface area contributed by atoms with Crippen molar-refractivity contribution in [2.75, 3.05) is 18.8 Å². The molecule has 7 heteroatoms. The Balaban J connectivity index is 3.99. The third kappa shape index (κ3) is 6.72. The highest BCUT2D eigenvalue weighted by atomic mass is 32.2. The molecule has 0 aromatic heterocycles. The highest BCUT2D eigenvalue weighted by Crippen LogP contribution is 2.12. The lowest BCUT2D eigenvalue weighted by atomic mass is 10.4. The van der Waals surface area contributed by atoms with Crippen molar-refractivity contribution in [3.8, 4) is 0 Å². The van der Waals surface area contributed by atoms with Crippen LogP contribution in [-0.4, -0.2) is 38.7 Å². The number of nitrogens with one attached hydrogen (secondary N) is 1. The summed E-state index contributed by atoms with van der Waals surface area (Å²) in [6.45, 7) is 1.81. The SMILES string of the molecule is CCCS(=O)(=O)C(C)CNCC(F)(F)F. The summed E-state index contributed by atoms with van der Waals surface area (Å²) in [5.74, 6) is 0.0157. The first-order valence-electron chi connectivity index (χ1n) is 4.68. The van der Waals surface area contributed by atoms with Crippen LogP contribution in [0, 0.1) is 0 Å². The summed E-state index contributed by atoms with van der Waals surface area (Å²) in [6, 6.07) is 0. The molecular weight excluding hydrogens is 231 g/mol. The van der Waals surface area contributed by atoms with Gasteiger partial charge in [-0.1, -0.05) is 6.92 Å². The van der Waals surface area contributed by atoms with Gasteiger partial charge in [0.25, 0.3) is 0 Å². The van der Waals surface area contributed by atoms with Crippen LogP contribution in [0.5, 0.6) is 0 Å². The molecule has 0 aliphatic carbocycles. The molecule has 0 heterocycles. The molecule has 0 fully saturated rings. The highest BCUT2D eigenvalue weighted by molar-refractivity contribution is 7.92. The maximum atomic E-state index is 11.7. The van der Waals surface area contributed by atoms with E-state index < -0.39 is 27.8 Å². The number of hydrogen-bond donors (Lipinski definition) is 1. The van der Waals surface area contributed by atoms with Crippen molar-refractivity contribution in [1.82, 2.24) is 5.32 Å². The van der Waals surface area contributed by atoms with Gasteiger partial charge in [0.1, 0.15) is 0 Å². The predicted molar refractivity (Wildman–Crippen MR) is 52.5 cm³/mol. The quantitative estimate of drug-likeness (QED) is 0.770. The monoisotopic (exact) mass is 247 g/mol. The first-order chi connectivity index (χ1) is 6.69. The summed E-state index contributed by atoms with van der Waals surface area (Å²) >= 11 is 0. The van der Waals surface area contributed by atoms with Gasteiger partial charge in [-0.25, -0.2) is 8.42 Å². The van der Waals surface area contributed by atoms with E-state index in [4.69, 9.17) is 0 Å². The largest absolute Gasteiger partial charge is 0.401 e. The second-order valence-corrected chi connectivity index (χ2v) is 5.96. The van der Waals surface area contributed by atoms with Gasteiger partial charge in [-0.2, -0.15) is 13.2 Å². The minimum atomic E-state index is -4.30. The van der Waals surface area contributed by atoms with Gasteiger partial charge in [0.05, 0.1) is 17.5 Å². The average Bonchev–Trinajstić information content (AvgIpc) is 2.01. The summed E-state index contributed by atoms with van der Waals surface area (Å²) in [7, 11) is -3.26. The van der Waals surface area contributed by atoms with Gasteiger partial charge in [0.15, 0.2) is 9.84 Å². The van der Waals surface area contributed by atoms with Crippen molar-refractivity contribution in [2.24, 2.45) is 0 Å². The van der Waals surface area contributed by atoms with Crippen LogP contribution in [0.3, 0.4) is 0 Å². The van der Waals surface area contributed by atoms with Crippen molar-refractivity contribution in [1.29, 1.82) is 0 Å². The fraction of sp³-hybridized carbons (Fsp3) is 1.00. The Labute approximate surface area is 88.0 Å². The van der Waals surface area contributed by atoms with E-state index in [9.17, 15) is 21.6 Å². The number of halogens is 3. The molecule has 1 N–H and O–H groups in total.